The zero-order valence-electron chi connectivity index (χ0n) is 17.4. The molecule has 1 fully saturated rings. The Morgan fingerprint density at radius 2 is 2.07 bits per heavy atom. The van der Waals surface area contributed by atoms with Crippen LogP contribution in [0.1, 0.15) is 48.3 Å². The van der Waals surface area contributed by atoms with Crippen LogP contribution in [0.2, 0.25) is 0 Å². The third kappa shape index (κ3) is 4.10. The van der Waals surface area contributed by atoms with Gasteiger partial charge in [-0.2, -0.15) is 0 Å². The van der Waals surface area contributed by atoms with Crippen LogP contribution >= 0.6 is 0 Å². The Balaban J connectivity index is 1.44. The first-order valence-corrected chi connectivity index (χ1v) is 12.4. The number of rotatable bonds is 5. The normalized spacial score (nSPS) is 22.6. The maximum absolute atomic E-state index is 12.6. The number of aromatic nitrogens is 1. The summed E-state index contributed by atoms with van der Waals surface area (Å²) in [5.41, 5.74) is 3.95. The molecule has 162 valence electrons. The number of hydrogen-bond acceptors (Lipinski definition) is 5. The minimum Gasteiger partial charge on any atom is -0.452 e. The van der Waals surface area contributed by atoms with Crippen molar-refractivity contribution in [2.45, 2.75) is 45.6 Å². The molecule has 4 rings (SSSR count). The van der Waals surface area contributed by atoms with Crippen molar-refractivity contribution in [3.8, 4) is 0 Å². The first-order valence-electron chi connectivity index (χ1n) is 10.6. The van der Waals surface area contributed by atoms with E-state index in [9.17, 15) is 18.0 Å². The van der Waals surface area contributed by atoms with Crippen molar-refractivity contribution in [2.24, 2.45) is 5.92 Å². The minimum absolute atomic E-state index is 0.0196. The van der Waals surface area contributed by atoms with Gasteiger partial charge in [0.25, 0.3) is 5.91 Å². The molecule has 0 spiro atoms. The molecule has 0 bridgehead atoms. The molecule has 8 heteroatoms. The second-order valence-corrected chi connectivity index (χ2v) is 10.7. The Morgan fingerprint density at radius 1 is 1.27 bits per heavy atom. The van der Waals surface area contributed by atoms with Gasteiger partial charge in [0.2, 0.25) is 0 Å². The Labute approximate surface area is 176 Å². The molecule has 30 heavy (non-hydrogen) atoms. The van der Waals surface area contributed by atoms with Crippen LogP contribution in [0, 0.1) is 5.92 Å². The molecular weight excluding hydrogens is 404 g/mol. The summed E-state index contributed by atoms with van der Waals surface area (Å²) >= 11 is 0. The number of nitrogens with zero attached hydrogens (tertiary/aromatic N) is 1. The predicted octanol–water partition coefficient (Wildman–Crippen LogP) is 2.49. The third-order valence-electron chi connectivity index (χ3n) is 6.31. The van der Waals surface area contributed by atoms with E-state index in [2.05, 4.69) is 11.9 Å². The van der Waals surface area contributed by atoms with E-state index in [1.165, 1.54) is 16.2 Å². The van der Waals surface area contributed by atoms with Crippen LogP contribution in [0.25, 0.3) is 10.9 Å². The highest BCUT2D eigenvalue weighted by Gasteiger charge is 2.34. The monoisotopic (exact) mass is 432 g/mol. The highest BCUT2D eigenvalue weighted by Crippen LogP contribution is 2.32. The third-order valence-corrected chi connectivity index (χ3v) is 8.06. The van der Waals surface area contributed by atoms with Gasteiger partial charge in [-0.05, 0) is 62.3 Å². The quantitative estimate of drug-likeness (QED) is 0.732. The molecule has 2 aliphatic rings. The van der Waals surface area contributed by atoms with Crippen molar-refractivity contribution in [2.75, 3.05) is 24.7 Å². The predicted molar refractivity (Wildman–Crippen MR) is 114 cm³/mol. The van der Waals surface area contributed by atoms with Gasteiger partial charge >= 0.3 is 5.97 Å². The molecule has 1 aromatic carbocycles. The average Bonchev–Trinajstić information content (AvgIpc) is 3.25. The molecule has 1 N–H and O–H groups in total. The summed E-state index contributed by atoms with van der Waals surface area (Å²) in [6.07, 6.45) is 3.60. The highest BCUT2D eigenvalue weighted by atomic mass is 32.2. The molecule has 1 aliphatic heterocycles. The lowest BCUT2D eigenvalue weighted by Gasteiger charge is -2.26. The number of aryl methyl sites for hydroxylation is 1. The molecule has 1 amide bonds. The van der Waals surface area contributed by atoms with Crippen molar-refractivity contribution in [1.82, 2.24) is 9.88 Å². The van der Waals surface area contributed by atoms with Gasteiger partial charge in [0.05, 0.1) is 17.1 Å². The second kappa shape index (κ2) is 8.06. The van der Waals surface area contributed by atoms with E-state index in [0.29, 0.717) is 24.4 Å². The molecule has 7 nitrogen and oxygen atoms in total. The number of ether oxygens (including phenoxy) is 1. The van der Waals surface area contributed by atoms with Crippen LogP contribution in [0.15, 0.2) is 18.2 Å². The lowest BCUT2D eigenvalue weighted by Crippen LogP contribution is -2.43. The summed E-state index contributed by atoms with van der Waals surface area (Å²) in [7, 11) is -3.09. The Bertz CT molecular complexity index is 1090. The lowest BCUT2D eigenvalue weighted by atomic mass is 9.87. The number of H-pyrrole nitrogens is 1. The van der Waals surface area contributed by atoms with E-state index in [1.54, 1.807) is 13.0 Å². The van der Waals surface area contributed by atoms with Crippen LogP contribution in [-0.2, 0) is 32.2 Å². The van der Waals surface area contributed by atoms with Gasteiger partial charge in [0, 0.05) is 29.2 Å². The number of likely N-dealkylation sites (N-methyl/N-ethyl adjacent to an activating group) is 1. The van der Waals surface area contributed by atoms with Crippen molar-refractivity contribution in [3.05, 3.63) is 35.0 Å². The van der Waals surface area contributed by atoms with Crippen molar-refractivity contribution in [3.63, 3.8) is 0 Å². The molecule has 2 aromatic rings. The number of sulfone groups is 1. The Morgan fingerprint density at radius 3 is 2.77 bits per heavy atom. The summed E-state index contributed by atoms with van der Waals surface area (Å²) in [5, 5.41) is 1.05. The minimum atomic E-state index is -3.09. The average molecular weight is 433 g/mol. The van der Waals surface area contributed by atoms with Gasteiger partial charge in [-0.15, -0.1) is 0 Å². The van der Waals surface area contributed by atoms with E-state index in [4.69, 9.17) is 4.74 Å². The van der Waals surface area contributed by atoms with Crippen LogP contribution in [0.5, 0.6) is 0 Å². The number of nitrogens with one attached hydrogen (secondary N) is 1. The summed E-state index contributed by atoms with van der Waals surface area (Å²) < 4.78 is 28.7. The Kier molecular flexibility index (Phi) is 5.61. The van der Waals surface area contributed by atoms with E-state index in [-0.39, 0.29) is 30.1 Å². The van der Waals surface area contributed by atoms with Gasteiger partial charge in [0.1, 0.15) is 0 Å². The van der Waals surface area contributed by atoms with E-state index < -0.39 is 15.8 Å². The fourth-order valence-electron chi connectivity index (χ4n) is 4.67. The zero-order chi connectivity index (χ0) is 21.5. The van der Waals surface area contributed by atoms with Gasteiger partial charge in [-0.3, -0.25) is 4.79 Å². The standard InChI is InChI=1S/C22H28N2O5S/c1-3-24(16-8-9-30(27,28)13-16)21(25)12-29-22(26)15-5-7-20-18(11-15)17-10-14(2)4-6-19(17)23-20/h5,7,11,14,16,23H,3-4,6,8-10,12-13H2,1-2H3/t14-,16+/m0/s1. The highest BCUT2D eigenvalue weighted by molar-refractivity contribution is 7.91. The van der Waals surface area contributed by atoms with Crippen molar-refractivity contribution >= 4 is 32.6 Å². The largest absolute Gasteiger partial charge is 0.452 e. The fraction of sp³-hybridized carbons (Fsp3) is 0.545. The van der Waals surface area contributed by atoms with Gasteiger partial charge in [0.15, 0.2) is 16.4 Å². The van der Waals surface area contributed by atoms with E-state index >= 15 is 0 Å². The molecule has 1 saturated heterocycles. The molecule has 2 atom stereocenters. The van der Waals surface area contributed by atoms with Crippen LogP contribution < -0.4 is 0 Å². The summed E-state index contributed by atoms with van der Waals surface area (Å²) in [6.45, 7) is 4.04. The SMILES string of the molecule is CCN(C(=O)COC(=O)c1ccc2[nH]c3c(c2c1)C[C@@H](C)CC3)[C@@H]1CCS(=O)(=O)C1. The van der Waals surface area contributed by atoms with Gasteiger partial charge in [-0.25, -0.2) is 13.2 Å². The second-order valence-electron chi connectivity index (χ2n) is 8.50. The zero-order valence-corrected chi connectivity index (χ0v) is 18.3. The van der Waals surface area contributed by atoms with Crippen molar-refractivity contribution in [1.29, 1.82) is 0 Å². The van der Waals surface area contributed by atoms with E-state index in [0.717, 1.165) is 30.2 Å². The summed E-state index contributed by atoms with van der Waals surface area (Å²) in [6, 6.07) is 5.10. The van der Waals surface area contributed by atoms with Crippen LogP contribution in [0.4, 0.5) is 0 Å². The molecule has 2 heterocycles. The van der Waals surface area contributed by atoms with Gasteiger partial charge in [-0.1, -0.05) is 6.92 Å². The fourth-order valence-corrected chi connectivity index (χ4v) is 6.40. The smallest absolute Gasteiger partial charge is 0.338 e. The number of benzene rings is 1. The number of hydrogen-bond donors (Lipinski definition) is 1. The van der Waals surface area contributed by atoms with E-state index in [1.807, 2.05) is 12.1 Å². The van der Waals surface area contributed by atoms with Crippen LogP contribution in [-0.4, -0.2) is 60.9 Å². The lowest BCUT2D eigenvalue weighted by molar-refractivity contribution is -0.136. The summed E-state index contributed by atoms with van der Waals surface area (Å²) in [5.74, 6) is -0.208. The number of carbonyl (C=O) groups is 2. The first kappa shape index (κ1) is 20.9. The molecular formula is C22H28N2O5S. The number of fused-ring (bicyclic) bond motifs is 3. The van der Waals surface area contributed by atoms with Crippen LogP contribution in [0.3, 0.4) is 0 Å². The summed E-state index contributed by atoms with van der Waals surface area (Å²) in [4.78, 5) is 30.1. The molecule has 1 aliphatic carbocycles. The topological polar surface area (TPSA) is 96.5 Å². The number of amides is 1. The number of carbonyl (C=O) groups excluding carboxylic acids is 2. The maximum atomic E-state index is 12.6. The molecule has 1 aromatic heterocycles. The maximum Gasteiger partial charge on any atom is 0.338 e. The van der Waals surface area contributed by atoms with Gasteiger partial charge < -0.3 is 14.6 Å². The number of aromatic amines is 1. The Hall–Kier alpha value is -2.35. The number of esters is 1. The van der Waals surface area contributed by atoms with Crippen molar-refractivity contribution < 1.29 is 22.7 Å². The molecule has 0 saturated carbocycles. The first-order chi connectivity index (χ1) is 14.3. The molecule has 0 radical (unpaired) electrons. The molecule has 0 unspecified atom stereocenters.